The summed E-state index contributed by atoms with van der Waals surface area (Å²) in [5.74, 6) is -0.319. The van der Waals surface area contributed by atoms with E-state index in [0.29, 0.717) is 6.42 Å². The van der Waals surface area contributed by atoms with Crippen LogP contribution in [0.5, 0.6) is 0 Å². The summed E-state index contributed by atoms with van der Waals surface area (Å²) in [5.41, 5.74) is 5.08. The Labute approximate surface area is 104 Å². The van der Waals surface area contributed by atoms with Gasteiger partial charge in [-0.05, 0) is 46.2 Å². The third kappa shape index (κ3) is 4.28. The van der Waals surface area contributed by atoms with E-state index in [1.807, 2.05) is 0 Å². The maximum absolute atomic E-state index is 11.4. The van der Waals surface area contributed by atoms with Crippen LogP contribution in [-0.4, -0.2) is 43.2 Å². The molecule has 0 aliphatic heterocycles. The van der Waals surface area contributed by atoms with E-state index in [9.17, 15) is 4.79 Å². The zero-order valence-corrected chi connectivity index (χ0v) is 11.4. The molecule has 0 aromatic heterocycles. The lowest BCUT2D eigenvalue weighted by atomic mass is 9.97. The van der Waals surface area contributed by atoms with Gasteiger partial charge >= 0.3 is 5.97 Å². The highest BCUT2D eigenvalue weighted by molar-refractivity contribution is 5.79. The molecule has 0 radical (unpaired) electrons. The first-order chi connectivity index (χ1) is 7.97. The van der Waals surface area contributed by atoms with Gasteiger partial charge in [-0.1, -0.05) is 12.8 Å². The van der Waals surface area contributed by atoms with Crippen molar-refractivity contribution in [1.82, 2.24) is 4.90 Å². The first kappa shape index (κ1) is 14.5. The minimum Gasteiger partial charge on any atom is -0.468 e. The van der Waals surface area contributed by atoms with Gasteiger partial charge in [0, 0.05) is 6.04 Å². The van der Waals surface area contributed by atoms with Gasteiger partial charge in [0.15, 0.2) is 0 Å². The Kier molecular flexibility index (Phi) is 5.40. The fourth-order valence-electron chi connectivity index (χ4n) is 2.56. The highest BCUT2D eigenvalue weighted by Crippen LogP contribution is 2.23. The van der Waals surface area contributed by atoms with Gasteiger partial charge in [-0.3, -0.25) is 4.79 Å². The van der Waals surface area contributed by atoms with Crippen LogP contribution in [0.4, 0.5) is 0 Å². The topological polar surface area (TPSA) is 55.6 Å². The molecule has 0 saturated heterocycles. The highest BCUT2D eigenvalue weighted by atomic mass is 16.5. The summed E-state index contributed by atoms with van der Waals surface area (Å²) < 4.78 is 4.69. The van der Waals surface area contributed by atoms with Crippen molar-refractivity contribution in [2.75, 3.05) is 20.7 Å². The molecule has 1 unspecified atom stereocenters. The lowest BCUT2D eigenvalue weighted by molar-refractivity contribution is -0.146. The highest BCUT2D eigenvalue weighted by Gasteiger charge is 2.29. The van der Waals surface area contributed by atoms with Crippen LogP contribution in [0.1, 0.15) is 45.4 Å². The molecule has 0 amide bonds. The normalized spacial score (nSPS) is 20.5. The van der Waals surface area contributed by atoms with Crippen LogP contribution in [0.2, 0.25) is 0 Å². The minimum atomic E-state index is -0.842. The average Bonchev–Trinajstić information content (AvgIpc) is 2.80. The number of nitrogens with zero attached hydrogens (tertiary/aromatic N) is 1. The van der Waals surface area contributed by atoms with Gasteiger partial charge in [-0.2, -0.15) is 0 Å². The van der Waals surface area contributed by atoms with Crippen LogP contribution in [0.15, 0.2) is 0 Å². The molecular weight excluding hydrogens is 216 g/mol. The zero-order chi connectivity index (χ0) is 12.9. The van der Waals surface area contributed by atoms with Gasteiger partial charge in [0.05, 0.1) is 7.11 Å². The molecule has 0 aromatic rings. The molecule has 17 heavy (non-hydrogen) atoms. The van der Waals surface area contributed by atoms with Crippen LogP contribution in [-0.2, 0) is 9.53 Å². The molecule has 1 atom stereocenters. The van der Waals surface area contributed by atoms with E-state index in [1.54, 1.807) is 6.92 Å². The summed E-state index contributed by atoms with van der Waals surface area (Å²) in [4.78, 5) is 13.8. The summed E-state index contributed by atoms with van der Waals surface area (Å²) in [6.45, 7) is 2.75. The summed E-state index contributed by atoms with van der Waals surface area (Å²) >= 11 is 0. The van der Waals surface area contributed by atoms with E-state index in [-0.39, 0.29) is 5.97 Å². The molecule has 4 heteroatoms. The molecule has 0 spiro atoms. The Balaban J connectivity index is 2.24. The summed E-state index contributed by atoms with van der Waals surface area (Å²) in [6.07, 6.45) is 6.95. The number of hydrogen-bond donors (Lipinski definition) is 1. The number of methoxy groups -OCH3 is 1. The lowest BCUT2D eigenvalue weighted by Gasteiger charge is -2.26. The van der Waals surface area contributed by atoms with Crippen LogP contribution in [0.25, 0.3) is 0 Å². The monoisotopic (exact) mass is 242 g/mol. The molecule has 1 aliphatic carbocycles. The average molecular weight is 242 g/mol. The Morgan fingerprint density at radius 3 is 2.59 bits per heavy atom. The second-order valence-electron chi connectivity index (χ2n) is 5.43. The first-order valence-electron chi connectivity index (χ1n) is 6.55. The van der Waals surface area contributed by atoms with Crippen molar-refractivity contribution < 1.29 is 9.53 Å². The van der Waals surface area contributed by atoms with E-state index in [0.717, 1.165) is 19.0 Å². The molecular formula is C13H26N2O2. The van der Waals surface area contributed by atoms with Crippen LogP contribution < -0.4 is 5.73 Å². The van der Waals surface area contributed by atoms with E-state index >= 15 is 0 Å². The van der Waals surface area contributed by atoms with E-state index in [1.165, 1.54) is 32.8 Å². The second kappa shape index (κ2) is 6.36. The molecule has 0 heterocycles. The number of carbonyl (C=O) groups is 1. The molecule has 0 aromatic carbocycles. The number of carbonyl (C=O) groups excluding carboxylic acids is 1. The molecule has 4 nitrogen and oxygen atoms in total. The molecule has 1 fully saturated rings. The SMILES string of the molecule is COC(=O)C(C)(N)CCCN(C)C1CCCC1. The maximum Gasteiger partial charge on any atom is 0.325 e. The molecule has 1 rings (SSSR count). The minimum absolute atomic E-state index is 0.319. The number of rotatable bonds is 6. The molecule has 2 N–H and O–H groups in total. The van der Waals surface area contributed by atoms with E-state index in [2.05, 4.69) is 11.9 Å². The zero-order valence-electron chi connectivity index (χ0n) is 11.4. The molecule has 1 aliphatic rings. The Morgan fingerprint density at radius 2 is 2.06 bits per heavy atom. The fourth-order valence-corrected chi connectivity index (χ4v) is 2.56. The van der Waals surface area contributed by atoms with Crippen molar-refractivity contribution >= 4 is 5.97 Å². The number of esters is 1. The van der Waals surface area contributed by atoms with Crippen molar-refractivity contribution in [3.63, 3.8) is 0 Å². The Morgan fingerprint density at radius 1 is 1.47 bits per heavy atom. The number of hydrogen-bond acceptors (Lipinski definition) is 4. The van der Waals surface area contributed by atoms with Crippen molar-refractivity contribution in [2.45, 2.75) is 57.0 Å². The quantitative estimate of drug-likeness (QED) is 0.718. The Bertz CT molecular complexity index is 248. The predicted molar refractivity (Wildman–Crippen MR) is 68.7 cm³/mol. The largest absolute Gasteiger partial charge is 0.468 e. The molecule has 0 bridgehead atoms. The van der Waals surface area contributed by atoms with Crippen LogP contribution in [0.3, 0.4) is 0 Å². The van der Waals surface area contributed by atoms with Crippen molar-refractivity contribution in [3.8, 4) is 0 Å². The number of nitrogens with two attached hydrogens (primary N) is 1. The van der Waals surface area contributed by atoms with Gasteiger partial charge in [0.2, 0.25) is 0 Å². The van der Waals surface area contributed by atoms with Gasteiger partial charge < -0.3 is 15.4 Å². The van der Waals surface area contributed by atoms with Gasteiger partial charge in [-0.25, -0.2) is 0 Å². The van der Waals surface area contributed by atoms with Crippen molar-refractivity contribution in [1.29, 1.82) is 0 Å². The van der Waals surface area contributed by atoms with Crippen LogP contribution >= 0.6 is 0 Å². The molecule has 1 saturated carbocycles. The standard InChI is InChI=1S/C13H26N2O2/c1-13(14,12(16)17-3)9-6-10-15(2)11-7-4-5-8-11/h11H,4-10,14H2,1-3H3. The lowest BCUT2D eigenvalue weighted by Crippen LogP contribution is -2.46. The second-order valence-corrected chi connectivity index (χ2v) is 5.43. The van der Waals surface area contributed by atoms with Gasteiger partial charge in [-0.15, -0.1) is 0 Å². The first-order valence-corrected chi connectivity index (χ1v) is 6.55. The van der Waals surface area contributed by atoms with Gasteiger partial charge in [0.1, 0.15) is 5.54 Å². The summed E-state index contributed by atoms with van der Waals surface area (Å²) in [5, 5.41) is 0. The third-order valence-electron chi connectivity index (χ3n) is 3.81. The fraction of sp³-hybridized carbons (Fsp3) is 0.923. The Hall–Kier alpha value is -0.610. The summed E-state index contributed by atoms with van der Waals surface area (Å²) in [6, 6.07) is 0.733. The predicted octanol–water partition coefficient (Wildman–Crippen LogP) is 1.53. The maximum atomic E-state index is 11.4. The third-order valence-corrected chi connectivity index (χ3v) is 3.81. The van der Waals surface area contributed by atoms with Crippen molar-refractivity contribution in [3.05, 3.63) is 0 Å². The van der Waals surface area contributed by atoms with E-state index in [4.69, 9.17) is 10.5 Å². The molecule has 100 valence electrons. The van der Waals surface area contributed by atoms with Gasteiger partial charge in [0.25, 0.3) is 0 Å². The number of ether oxygens (including phenoxy) is 1. The van der Waals surface area contributed by atoms with Crippen molar-refractivity contribution in [2.24, 2.45) is 5.73 Å². The van der Waals surface area contributed by atoms with Crippen LogP contribution in [0, 0.1) is 0 Å². The summed E-state index contributed by atoms with van der Waals surface area (Å²) in [7, 11) is 3.56. The van der Waals surface area contributed by atoms with E-state index < -0.39 is 5.54 Å². The smallest absolute Gasteiger partial charge is 0.325 e.